The summed E-state index contributed by atoms with van der Waals surface area (Å²) in [7, 11) is -3.32. The van der Waals surface area contributed by atoms with Gasteiger partial charge in [-0.2, -0.15) is 5.26 Å². The van der Waals surface area contributed by atoms with Crippen LogP contribution in [0.4, 0.5) is 0 Å². The van der Waals surface area contributed by atoms with Crippen LogP contribution in [0.5, 0.6) is 5.88 Å². The van der Waals surface area contributed by atoms with Crippen LogP contribution >= 0.6 is 0 Å². The van der Waals surface area contributed by atoms with Crippen molar-refractivity contribution in [3.8, 4) is 23.1 Å². The number of ether oxygens (including phenoxy) is 1. The Hall–Kier alpha value is -2.69. The highest BCUT2D eigenvalue weighted by atomic mass is 32.2. The molecule has 3 fully saturated rings. The van der Waals surface area contributed by atoms with Gasteiger partial charge >= 0.3 is 0 Å². The van der Waals surface area contributed by atoms with Gasteiger partial charge in [0.25, 0.3) is 0 Å². The Morgan fingerprint density at radius 2 is 1.85 bits per heavy atom. The second-order valence-corrected chi connectivity index (χ2v) is 15.5. The quantitative estimate of drug-likeness (QED) is 0.393. The Balaban J connectivity index is 1.38. The highest BCUT2D eigenvalue weighted by Gasteiger charge is 2.59. The van der Waals surface area contributed by atoms with Gasteiger partial charge in [-0.25, -0.2) is 13.4 Å². The molecule has 3 saturated carbocycles. The number of sulfone groups is 1. The SMILES string of the molecule is CCOc1nc([C@H]2CC[C@H]3[C@@H]4CC=C5C[C@@H](O)CC[C@]5(C)[C@H]4CC[C@]23C)cc(-c2ccc(S(C)(=O)=O)cc2)c1C#N. The van der Waals surface area contributed by atoms with Crippen molar-refractivity contribution in [1.82, 2.24) is 4.98 Å². The molecule has 1 heterocycles. The van der Waals surface area contributed by atoms with Crippen LogP contribution in [-0.2, 0) is 9.84 Å². The minimum absolute atomic E-state index is 0.110. The first-order valence-corrected chi connectivity index (χ1v) is 17.1. The molecule has 0 saturated heterocycles. The average molecular weight is 575 g/mol. The van der Waals surface area contributed by atoms with Gasteiger partial charge in [-0.1, -0.05) is 37.6 Å². The Kier molecular flexibility index (Phi) is 7.10. The largest absolute Gasteiger partial charge is 0.477 e. The number of hydrogen-bond acceptors (Lipinski definition) is 6. The number of pyridine rings is 1. The van der Waals surface area contributed by atoms with Crippen LogP contribution in [-0.4, -0.2) is 37.5 Å². The molecule has 4 aliphatic carbocycles. The molecule has 0 radical (unpaired) electrons. The van der Waals surface area contributed by atoms with E-state index < -0.39 is 9.84 Å². The molecular formula is C34H42N2O4S. The molecule has 0 unspecified atom stereocenters. The molecule has 0 amide bonds. The van der Waals surface area contributed by atoms with Crippen LogP contribution in [0.25, 0.3) is 11.1 Å². The van der Waals surface area contributed by atoms with Crippen LogP contribution in [0.1, 0.15) is 89.3 Å². The van der Waals surface area contributed by atoms with Gasteiger partial charge in [0.1, 0.15) is 11.6 Å². The molecule has 7 heteroatoms. The summed E-state index contributed by atoms with van der Waals surface area (Å²) < 4.78 is 30.1. The van der Waals surface area contributed by atoms with Crippen LogP contribution in [0.15, 0.2) is 46.9 Å². The maximum Gasteiger partial charge on any atom is 0.232 e. The fourth-order valence-electron chi connectivity index (χ4n) is 9.31. The summed E-state index contributed by atoms with van der Waals surface area (Å²) in [6.07, 6.45) is 12.0. The zero-order valence-corrected chi connectivity index (χ0v) is 25.5. The van der Waals surface area contributed by atoms with E-state index in [4.69, 9.17) is 9.72 Å². The number of nitriles is 1. The summed E-state index contributed by atoms with van der Waals surface area (Å²) in [6.45, 7) is 7.25. The van der Waals surface area contributed by atoms with Gasteiger partial charge in [-0.05, 0) is 111 Å². The van der Waals surface area contributed by atoms with Gasteiger partial charge in [0.2, 0.25) is 5.88 Å². The smallest absolute Gasteiger partial charge is 0.232 e. The van der Waals surface area contributed by atoms with E-state index in [1.54, 1.807) is 24.3 Å². The molecule has 0 spiro atoms. The summed E-state index contributed by atoms with van der Waals surface area (Å²) in [6, 6.07) is 11.2. The number of allylic oxidation sites excluding steroid dienone is 1. The zero-order chi connectivity index (χ0) is 29.2. The molecule has 0 aliphatic heterocycles. The number of fused-ring (bicyclic) bond motifs is 5. The molecule has 2 aromatic rings. The van der Waals surface area contributed by atoms with Crippen molar-refractivity contribution in [2.24, 2.45) is 28.6 Å². The number of benzene rings is 1. The van der Waals surface area contributed by atoms with Crippen molar-refractivity contribution < 1.29 is 18.3 Å². The van der Waals surface area contributed by atoms with Crippen LogP contribution in [0, 0.1) is 39.9 Å². The Morgan fingerprint density at radius 3 is 2.54 bits per heavy atom. The second kappa shape index (κ2) is 10.2. The number of hydrogen-bond donors (Lipinski definition) is 1. The van der Waals surface area contributed by atoms with Crippen LogP contribution in [0.2, 0.25) is 0 Å². The predicted molar refractivity (Wildman–Crippen MR) is 159 cm³/mol. The number of aliphatic hydroxyl groups excluding tert-OH is 1. The van der Waals surface area contributed by atoms with E-state index in [-0.39, 0.29) is 27.7 Å². The predicted octanol–water partition coefficient (Wildman–Crippen LogP) is 6.83. The van der Waals surface area contributed by atoms with Crippen LogP contribution in [0.3, 0.4) is 0 Å². The summed E-state index contributed by atoms with van der Waals surface area (Å²) in [5.74, 6) is 2.56. The van der Waals surface area contributed by atoms with E-state index in [9.17, 15) is 18.8 Å². The van der Waals surface area contributed by atoms with Gasteiger partial charge in [0.15, 0.2) is 9.84 Å². The Bertz CT molecular complexity index is 1520. The summed E-state index contributed by atoms with van der Waals surface area (Å²) in [5, 5.41) is 20.5. The molecule has 1 aromatic heterocycles. The maximum atomic E-state index is 12.1. The topological polar surface area (TPSA) is 100 Å². The molecule has 0 bridgehead atoms. The van der Waals surface area contributed by atoms with Gasteiger partial charge in [0, 0.05) is 23.4 Å². The molecule has 7 atom stereocenters. The van der Waals surface area contributed by atoms with Crippen molar-refractivity contribution in [2.45, 2.75) is 89.1 Å². The second-order valence-electron chi connectivity index (χ2n) is 13.4. The van der Waals surface area contributed by atoms with Crippen molar-refractivity contribution in [3.63, 3.8) is 0 Å². The zero-order valence-electron chi connectivity index (χ0n) is 24.7. The van der Waals surface area contributed by atoms with E-state index in [2.05, 4.69) is 32.1 Å². The summed E-state index contributed by atoms with van der Waals surface area (Å²) >= 11 is 0. The van der Waals surface area contributed by atoms with E-state index in [1.165, 1.54) is 24.7 Å². The van der Waals surface area contributed by atoms with Gasteiger partial charge in [0.05, 0.1) is 17.6 Å². The highest BCUT2D eigenvalue weighted by molar-refractivity contribution is 7.90. The van der Waals surface area contributed by atoms with E-state index >= 15 is 0 Å². The van der Waals surface area contributed by atoms with Gasteiger partial charge in [-0.3, -0.25) is 0 Å². The van der Waals surface area contributed by atoms with Gasteiger partial charge < -0.3 is 9.84 Å². The lowest BCUT2D eigenvalue weighted by molar-refractivity contribution is -0.0412. The van der Waals surface area contributed by atoms with Crippen LogP contribution < -0.4 is 4.74 Å². The summed E-state index contributed by atoms with van der Waals surface area (Å²) in [4.78, 5) is 5.26. The molecule has 1 aromatic carbocycles. The number of nitrogens with zero attached hydrogens (tertiary/aromatic N) is 2. The van der Waals surface area contributed by atoms with E-state index in [1.807, 2.05) is 6.92 Å². The first kappa shape index (κ1) is 28.4. The van der Waals surface area contributed by atoms with Crippen molar-refractivity contribution in [2.75, 3.05) is 12.9 Å². The first-order chi connectivity index (χ1) is 19.5. The first-order valence-electron chi connectivity index (χ1n) is 15.3. The number of aromatic nitrogens is 1. The molecule has 6 nitrogen and oxygen atoms in total. The van der Waals surface area contributed by atoms with Crippen molar-refractivity contribution in [3.05, 3.63) is 53.2 Å². The Morgan fingerprint density at radius 1 is 1.10 bits per heavy atom. The van der Waals surface area contributed by atoms with E-state index in [0.717, 1.165) is 55.3 Å². The minimum Gasteiger partial charge on any atom is -0.477 e. The third-order valence-electron chi connectivity index (χ3n) is 11.4. The molecule has 4 aliphatic rings. The van der Waals surface area contributed by atoms with Crippen molar-refractivity contribution >= 4 is 9.84 Å². The van der Waals surface area contributed by atoms with E-state index in [0.29, 0.717) is 35.8 Å². The van der Waals surface area contributed by atoms with Crippen molar-refractivity contribution in [1.29, 1.82) is 5.26 Å². The summed E-state index contributed by atoms with van der Waals surface area (Å²) in [5.41, 5.74) is 4.73. The third-order valence-corrected chi connectivity index (χ3v) is 12.6. The lowest BCUT2D eigenvalue weighted by Gasteiger charge is -2.58. The fraction of sp³-hybridized carbons (Fsp3) is 0.588. The maximum absolute atomic E-state index is 12.1. The standard InChI is InChI=1S/C34H42N2O4S/c1-5-40-32-27(20-35)26(21-6-9-24(10-7-21)41(4,38)39)19-31(36-32)30-13-12-28-25-11-8-22-18-23(37)14-16-33(22,2)29(25)15-17-34(28,30)3/h6-10,19,23,25,28-30,37H,5,11-18H2,1-4H3/t23-,25-,28-,29-,30+,33-,34-/m0/s1. The number of rotatable bonds is 5. The molecule has 6 rings (SSSR count). The highest BCUT2D eigenvalue weighted by Crippen LogP contribution is 2.68. The average Bonchev–Trinajstić information content (AvgIpc) is 3.30. The normalized spacial score (nSPS) is 34.5. The third kappa shape index (κ3) is 4.62. The Labute approximate surface area is 244 Å². The monoisotopic (exact) mass is 574 g/mol. The van der Waals surface area contributed by atoms with Gasteiger partial charge in [-0.15, -0.1) is 0 Å². The number of aliphatic hydroxyl groups is 1. The molecule has 218 valence electrons. The lowest BCUT2D eigenvalue weighted by Crippen LogP contribution is -2.50. The lowest BCUT2D eigenvalue weighted by atomic mass is 9.47. The minimum atomic E-state index is -3.32. The molecule has 41 heavy (non-hydrogen) atoms. The fourth-order valence-corrected chi connectivity index (χ4v) is 9.94. The molecule has 1 N–H and O–H groups in total. The molecular weight excluding hydrogens is 532 g/mol.